The second-order valence-corrected chi connectivity index (χ2v) is 7.51. The molecule has 1 saturated heterocycles. The molecule has 108 valence electrons. The predicted octanol–water partition coefficient (Wildman–Crippen LogP) is 3.45. The molecule has 1 N–H and O–H groups in total. The number of nitrogens with one attached hydrogen (secondary N) is 1. The minimum atomic E-state index is 0.313. The summed E-state index contributed by atoms with van der Waals surface area (Å²) in [4.78, 5) is 0. The highest BCUT2D eigenvalue weighted by molar-refractivity contribution is 8.06. The standard InChI is InChI=1S/C13H22ClN3S2/c1-3-5-15-12(11-9-18-6-7-19-11)13-10(14)8-16-17(13)4-2/h8,11-12,15H,3-7,9H2,1-2H3. The Morgan fingerprint density at radius 1 is 1.53 bits per heavy atom. The van der Waals surface area contributed by atoms with E-state index in [9.17, 15) is 0 Å². The van der Waals surface area contributed by atoms with Crippen LogP contribution in [0.1, 0.15) is 32.0 Å². The van der Waals surface area contributed by atoms with Crippen LogP contribution in [-0.4, -0.2) is 38.8 Å². The first kappa shape index (κ1) is 15.5. The molecular weight excluding hydrogens is 298 g/mol. The van der Waals surface area contributed by atoms with E-state index >= 15 is 0 Å². The highest BCUT2D eigenvalue weighted by Gasteiger charge is 2.29. The summed E-state index contributed by atoms with van der Waals surface area (Å²) in [5.74, 6) is 3.69. The third kappa shape index (κ3) is 3.84. The molecule has 3 nitrogen and oxygen atoms in total. The van der Waals surface area contributed by atoms with Crippen LogP contribution in [0.4, 0.5) is 0 Å². The zero-order chi connectivity index (χ0) is 13.7. The Kier molecular flexibility index (Phi) is 6.39. The van der Waals surface area contributed by atoms with Crippen molar-refractivity contribution in [3.63, 3.8) is 0 Å². The van der Waals surface area contributed by atoms with Crippen LogP contribution in [0.5, 0.6) is 0 Å². The van der Waals surface area contributed by atoms with Gasteiger partial charge in [0.15, 0.2) is 0 Å². The summed E-state index contributed by atoms with van der Waals surface area (Å²) in [6.45, 7) is 6.21. The molecule has 2 rings (SSSR count). The van der Waals surface area contributed by atoms with E-state index in [1.165, 1.54) is 17.3 Å². The van der Waals surface area contributed by atoms with Gasteiger partial charge in [0.25, 0.3) is 0 Å². The molecule has 0 aliphatic carbocycles. The van der Waals surface area contributed by atoms with Gasteiger partial charge in [0.05, 0.1) is 23.0 Å². The Morgan fingerprint density at radius 3 is 3.00 bits per heavy atom. The van der Waals surface area contributed by atoms with Crippen LogP contribution in [0.2, 0.25) is 5.02 Å². The topological polar surface area (TPSA) is 29.9 Å². The van der Waals surface area contributed by atoms with Crippen molar-refractivity contribution in [2.75, 3.05) is 23.8 Å². The molecular formula is C13H22ClN3S2. The number of rotatable bonds is 6. The van der Waals surface area contributed by atoms with Gasteiger partial charge in [-0.2, -0.15) is 28.6 Å². The number of aromatic nitrogens is 2. The van der Waals surface area contributed by atoms with E-state index in [0.29, 0.717) is 11.3 Å². The highest BCUT2D eigenvalue weighted by atomic mass is 35.5. The fraction of sp³-hybridized carbons (Fsp3) is 0.769. The van der Waals surface area contributed by atoms with Crippen molar-refractivity contribution in [1.29, 1.82) is 0 Å². The monoisotopic (exact) mass is 319 g/mol. The van der Waals surface area contributed by atoms with Gasteiger partial charge in [-0.25, -0.2) is 0 Å². The van der Waals surface area contributed by atoms with Crippen LogP contribution in [0.15, 0.2) is 6.20 Å². The minimum absolute atomic E-state index is 0.313. The normalized spacial score (nSPS) is 21.5. The van der Waals surface area contributed by atoms with E-state index < -0.39 is 0 Å². The number of hydrogen-bond acceptors (Lipinski definition) is 4. The van der Waals surface area contributed by atoms with E-state index in [0.717, 1.165) is 30.2 Å². The van der Waals surface area contributed by atoms with Gasteiger partial charge in [-0.15, -0.1) is 0 Å². The van der Waals surface area contributed by atoms with Crippen LogP contribution in [-0.2, 0) is 6.54 Å². The van der Waals surface area contributed by atoms with Crippen molar-refractivity contribution in [3.8, 4) is 0 Å². The summed E-state index contributed by atoms with van der Waals surface area (Å²) in [5, 5.41) is 9.45. The molecule has 1 fully saturated rings. The largest absolute Gasteiger partial charge is 0.308 e. The van der Waals surface area contributed by atoms with Crippen molar-refractivity contribution in [2.45, 2.75) is 38.1 Å². The molecule has 1 aliphatic heterocycles. The maximum Gasteiger partial charge on any atom is 0.0834 e. The Hall–Kier alpha value is 0.160. The molecule has 0 aromatic carbocycles. The molecule has 19 heavy (non-hydrogen) atoms. The molecule has 1 aromatic rings. The number of thioether (sulfide) groups is 2. The van der Waals surface area contributed by atoms with Crippen LogP contribution >= 0.6 is 35.1 Å². The van der Waals surface area contributed by atoms with Crippen molar-refractivity contribution < 1.29 is 0 Å². The molecule has 2 unspecified atom stereocenters. The van der Waals surface area contributed by atoms with E-state index in [1.807, 2.05) is 16.4 Å². The second-order valence-electron chi connectivity index (χ2n) is 4.61. The summed E-state index contributed by atoms with van der Waals surface area (Å²) >= 11 is 10.5. The van der Waals surface area contributed by atoms with Crippen LogP contribution in [0, 0.1) is 0 Å². The maximum atomic E-state index is 6.38. The molecule has 2 heterocycles. The Bertz CT molecular complexity index is 391. The smallest absolute Gasteiger partial charge is 0.0834 e. The number of aryl methyl sites for hydroxylation is 1. The first-order valence-electron chi connectivity index (χ1n) is 6.91. The molecule has 0 saturated carbocycles. The summed E-state index contributed by atoms with van der Waals surface area (Å²) in [7, 11) is 0. The minimum Gasteiger partial charge on any atom is -0.308 e. The number of hydrogen-bond donors (Lipinski definition) is 1. The SMILES string of the molecule is CCCNC(c1c(Cl)cnn1CC)C1CSCCS1. The summed E-state index contributed by atoms with van der Waals surface area (Å²) < 4.78 is 2.04. The van der Waals surface area contributed by atoms with Crippen LogP contribution in [0.3, 0.4) is 0 Å². The van der Waals surface area contributed by atoms with Gasteiger partial charge in [-0.3, -0.25) is 4.68 Å². The lowest BCUT2D eigenvalue weighted by molar-refractivity contribution is 0.480. The first-order chi connectivity index (χ1) is 9.27. The summed E-state index contributed by atoms with van der Waals surface area (Å²) in [6.07, 6.45) is 2.92. The number of halogens is 1. The lowest BCUT2D eigenvalue weighted by atomic mass is 10.1. The molecule has 1 aliphatic rings. The molecule has 0 bridgehead atoms. The first-order valence-corrected chi connectivity index (χ1v) is 9.50. The van der Waals surface area contributed by atoms with E-state index in [1.54, 1.807) is 6.20 Å². The van der Waals surface area contributed by atoms with Crippen molar-refractivity contribution in [3.05, 3.63) is 16.9 Å². The lowest BCUT2D eigenvalue weighted by Gasteiger charge is -2.31. The number of nitrogens with zero attached hydrogens (tertiary/aromatic N) is 2. The third-order valence-electron chi connectivity index (χ3n) is 3.26. The fourth-order valence-electron chi connectivity index (χ4n) is 2.34. The van der Waals surface area contributed by atoms with Gasteiger partial charge < -0.3 is 5.32 Å². The Morgan fingerprint density at radius 2 is 2.37 bits per heavy atom. The van der Waals surface area contributed by atoms with E-state index in [-0.39, 0.29) is 0 Å². The molecule has 0 spiro atoms. The van der Waals surface area contributed by atoms with Crippen LogP contribution < -0.4 is 5.32 Å². The Balaban J connectivity index is 2.22. The maximum absolute atomic E-state index is 6.38. The van der Waals surface area contributed by atoms with Gasteiger partial charge in [-0.1, -0.05) is 18.5 Å². The molecule has 1 aromatic heterocycles. The second kappa shape index (κ2) is 7.81. The molecule has 6 heteroatoms. The molecule has 0 radical (unpaired) electrons. The quantitative estimate of drug-likeness (QED) is 0.870. The molecule has 2 atom stereocenters. The van der Waals surface area contributed by atoms with Crippen LogP contribution in [0.25, 0.3) is 0 Å². The van der Waals surface area contributed by atoms with Crippen molar-refractivity contribution >= 4 is 35.1 Å². The lowest BCUT2D eigenvalue weighted by Crippen LogP contribution is -2.36. The van der Waals surface area contributed by atoms with Crippen molar-refractivity contribution in [2.24, 2.45) is 0 Å². The predicted molar refractivity (Wildman–Crippen MR) is 87.5 cm³/mol. The van der Waals surface area contributed by atoms with Gasteiger partial charge >= 0.3 is 0 Å². The average molecular weight is 320 g/mol. The van der Waals surface area contributed by atoms with Gasteiger partial charge in [-0.05, 0) is 19.9 Å². The molecule has 0 amide bonds. The zero-order valence-electron chi connectivity index (χ0n) is 11.6. The summed E-state index contributed by atoms with van der Waals surface area (Å²) in [5.41, 5.74) is 1.16. The van der Waals surface area contributed by atoms with Gasteiger partial charge in [0.1, 0.15) is 0 Å². The fourth-order valence-corrected chi connectivity index (χ4v) is 5.44. The van der Waals surface area contributed by atoms with E-state index in [4.69, 9.17) is 11.6 Å². The van der Waals surface area contributed by atoms with Gasteiger partial charge in [0.2, 0.25) is 0 Å². The Labute approximate surface area is 129 Å². The van der Waals surface area contributed by atoms with Crippen molar-refractivity contribution in [1.82, 2.24) is 15.1 Å². The zero-order valence-corrected chi connectivity index (χ0v) is 14.0. The third-order valence-corrected chi connectivity index (χ3v) is 6.41. The van der Waals surface area contributed by atoms with Gasteiger partial charge in [0, 0.05) is 29.1 Å². The highest BCUT2D eigenvalue weighted by Crippen LogP contribution is 2.36. The summed E-state index contributed by atoms with van der Waals surface area (Å²) in [6, 6.07) is 0.313. The van der Waals surface area contributed by atoms with E-state index in [2.05, 4.69) is 36.0 Å². The average Bonchev–Trinajstić information content (AvgIpc) is 2.82.